The predicted octanol–water partition coefficient (Wildman–Crippen LogP) is -1.30. The molecule has 0 radical (unpaired) electrons. The van der Waals surface area contributed by atoms with E-state index in [1.165, 1.54) is 12.4 Å². The summed E-state index contributed by atoms with van der Waals surface area (Å²) in [5.74, 6) is 0.430. The van der Waals surface area contributed by atoms with Crippen LogP contribution in [-0.2, 0) is 0 Å². The summed E-state index contributed by atoms with van der Waals surface area (Å²) in [5.41, 5.74) is 0.231. The molecule has 15 heavy (non-hydrogen) atoms. The molecule has 0 amide bonds. The van der Waals surface area contributed by atoms with Crippen LogP contribution in [0.2, 0.25) is 0 Å². The van der Waals surface area contributed by atoms with Crippen LogP contribution in [0.25, 0.3) is 0 Å². The van der Waals surface area contributed by atoms with Gasteiger partial charge in [0.1, 0.15) is 6.17 Å². The topological polar surface area (TPSA) is 69.5 Å². The minimum atomic E-state index is -1.56. The molecular weight excluding hydrogens is 200 g/mol. The van der Waals surface area contributed by atoms with E-state index in [-0.39, 0.29) is 5.46 Å². The van der Waals surface area contributed by atoms with Crippen molar-refractivity contribution in [2.75, 3.05) is 18.0 Å². The largest absolute Gasteiger partial charge is 0.491 e. The average Bonchev–Trinajstić information content (AvgIpc) is 2.65. The molecule has 0 aliphatic carbocycles. The fourth-order valence-electron chi connectivity index (χ4n) is 1.53. The highest BCUT2D eigenvalue weighted by molar-refractivity contribution is 6.58. The molecule has 0 spiro atoms. The molecule has 7 heteroatoms. The summed E-state index contributed by atoms with van der Waals surface area (Å²) in [6, 6.07) is 0. The van der Waals surface area contributed by atoms with E-state index in [4.69, 9.17) is 10.0 Å². The van der Waals surface area contributed by atoms with Crippen molar-refractivity contribution in [1.29, 1.82) is 0 Å². The van der Waals surface area contributed by atoms with E-state index < -0.39 is 13.3 Å². The Morgan fingerprint density at radius 2 is 2.07 bits per heavy atom. The van der Waals surface area contributed by atoms with E-state index in [1.807, 2.05) is 0 Å². The molecule has 2 rings (SSSR count). The highest BCUT2D eigenvalue weighted by Gasteiger charge is 2.24. The minimum absolute atomic E-state index is 0.231. The molecule has 1 fully saturated rings. The zero-order valence-electron chi connectivity index (χ0n) is 8.04. The Bertz CT molecular complexity index is 335. The quantitative estimate of drug-likeness (QED) is 0.595. The van der Waals surface area contributed by atoms with Crippen LogP contribution in [0.4, 0.5) is 10.3 Å². The standard InChI is InChI=1S/C8H11BFN3O2/c10-7-1-2-13(5-7)8-11-3-6(4-12-8)9(14)15/h3-4,7,14-15H,1-2,5H2. The molecule has 0 saturated carbocycles. The van der Waals surface area contributed by atoms with Crippen LogP contribution in [0.1, 0.15) is 6.42 Å². The van der Waals surface area contributed by atoms with Crippen molar-refractivity contribution in [3.8, 4) is 0 Å². The van der Waals surface area contributed by atoms with Gasteiger partial charge in [-0.05, 0) is 6.42 Å². The molecule has 1 atom stereocenters. The summed E-state index contributed by atoms with van der Waals surface area (Å²) < 4.78 is 12.9. The van der Waals surface area contributed by atoms with Gasteiger partial charge in [-0.15, -0.1) is 0 Å². The third-order valence-corrected chi connectivity index (χ3v) is 2.37. The third-order valence-electron chi connectivity index (χ3n) is 2.37. The maximum Gasteiger partial charge on any atom is 0.491 e. The first-order valence-electron chi connectivity index (χ1n) is 4.74. The van der Waals surface area contributed by atoms with Gasteiger partial charge in [-0.3, -0.25) is 0 Å². The number of rotatable bonds is 2. The van der Waals surface area contributed by atoms with Crippen LogP contribution < -0.4 is 10.4 Å². The second kappa shape index (κ2) is 4.12. The number of hydrogen-bond donors (Lipinski definition) is 2. The molecule has 1 aliphatic rings. The molecule has 0 bridgehead atoms. The Hall–Kier alpha value is -1.21. The molecule has 80 valence electrons. The summed E-state index contributed by atoms with van der Waals surface area (Å²) in [6.07, 6.45) is 2.34. The number of nitrogens with zero attached hydrogens (tertiary/aromatic N) is 3. The minimum Gasteiger partial charge on any atom is -0.423 e. The normalized spacial score (nSPS) is 20.7. The van der Waals surface area contributed by atoms with Gasteiger partial charge in [-0.2, -0.15) is 0 Å². The molecule has 5 nitrogen and oxygen atoms in total. The number of alkyl halides is 1. The maximum absolute atomic E-state index is 12.9. The van der Waals surface area contributed by atoms with Crippen LogP contribution in [0.15, 0.2) is 12.4 Å². The molecule has 1 aromatic heterocycles. The van der Waals surface area contributed by atoms with E-state index >= 15 is 0 Å². The van der Waals surface area contributed by atoms with Crippen molar-refractivity contribution in [2.24, 2.45) is 0 Å². The number of aromatic nitrogens is 2. The van der Waals surface area contributed by atoms with Gasteiger partial charge in [-0.1, -0.05) is 0 Å². The summed E-state index contributed by atoms with van der Waals surface area (Å²) in [7, 11) is -1.56. The third kappa shape index (κ3) is 2.24. The lowest BCUT2D eigenvalue weighted by Gasteiger charge is -2.14. The lowest BCUT2D eigenvalue weighted by atomic mass is 9.83. The highest BCUT2D eigenvalue weighted by atomic mass is 19.1. The van der Waals surface area contributed by atoms with E-state index in [0.717, 1.165) is 0 Å². The van der Waals surface area contributed by atoms with Crippen LogP contribution in [-0.4, -0.2) is 46.4 Å². The molecule has 0 aromatic carbocycles. The monoisotopic (exact) mass is 211 g/mol. The van der Waals surface area contributed by atoms with E-state index in [9.17, 15) is 4.39 Å². The fraction of sp³-hybridized carbons (Fsp3) is 0.500. The van der Waals surface area contributed by atoms with Crippen LogP contribution in [0.5, 0.6) is 0 Å². The lowest BCUT2D eigenvalue weighted by molar-refractivity contribution is 0.364. The van der Waals surface area contributed by atoms with E-state index in [1.54, 1.807) is 4.90 Å². The van der Waals surface area contributed by atoms with Gasteiger partial charge in [0.25, 0.3) is 0 Å². The zero-order valence-corrected chi connectivity index (χ0v) is 8.04. The fourth-order valence-corrected chi connectivity index (χ4v) is 1.53. The SMILES string of the molecule is OB(O)c1cnc(N2CCC(F)C2)nc1. The Labute approximate surface area is 86.7 Å². The Balaban J connectivity index is 2.10. The van der Waals surface area contributed by atoms with Gasteiger partial charge in [0.05, 0.1) is 6.54 Å². The molecule has 1 aliphatic heterocycles. The van der Waals surface area contributed by atoms with Crippen LogP contribution >= 0.6 is 0 Å². The smallest absolute Gasteiger partial charge is 0.423 e. The Morgan fingerprint density at radius 3 is 2.53 bits per heavy atom. The van der Waals surface area contributed by atoms with Crippen molar-refractivity contribution in [3.63, 3.8) is 0 Å². The summed E-state index contributed by atoms with van der Waals surface area (Å²) >= 11 is 0. The maximum atomic E-state index is 12.9. The summed E-state index contributed by atoms with van der Waals surface area (Å²) in [6.45, 7) is 0.906. The highest BCUT2D eigenvalue weighted by Crippen LogP contribution is 2.16. The molecule has 1 unspecified atom stereocenters. The van der Waals surface area contributed by atoms with Gasteiger partial charge in [0, 0.05) is 24.4 Å². The molecule has 1 aromatic rings. The number of hydrogen-bond acceptors (Lipinski definition) is 5. The molecule has 2 N–H and O–H groups in total. The van der Waals surface area contributed by atoms with Crippen molar-refractivity contribution in [3.05, 3.63) is 12.4 Å². The average molecular weight is 211 g/mol. The second-order valence-corrected chi connectivity index (χ2v) is 3.52. The zero-order chi connectivity index (χ0) is 10.8. The number of halogens is 1. The second-order valence-electron chi connectivity index (χ2n) is 3.52. The lowest BCUT2D eigenvalue weighted by Crippen LogP contribution is -2.32. The van der Waals surface area contributed by atoms with Crippen LogP contribution in [0.3, 0.4) is 0 Å². The van der Waals surface area contributed by atoms with E-state index in [2.05, 4.69) is 9.97 Å². The summed E-state index contributed by atoms with van der Waals surface area (Å²) in [4.78, 5) is 9.62. The molecule has 2 heterocycles. The van der Waals surface area contributed by atoms with Crippen molar-refractivity contribution < 1.29 is 14.4 Å². The first-order valence-corrected chi connectivity index (χ1v) is 4.74. The molecular formula is C8H11BFN3O2. The van der Waals surface area contributed by atoms with Crippen molar-refractivity contribution >= 4 is 18.5 Å². The van der Waals surface area contributed by atoms with Gasteiger partial charge >= 0.3 is 7.12 Å². The first kappa shape index (κ1) is 10.3. The Morgan fingerprint density at radius 1 is 1.40 bits per heavy atom. The van der Waals surface area contributed by atoms with Gasteiger partial charge in [0.2, 0.25) is 5.95 Å². The van der Waals surface area contributed by atoms with Crippen LogP contribution in [0, 0.1) is 0 Å². The van der Waals surface area contributed by atoms with Crippen molar-refractivity contribution in [2.45, 2.75) is 12.6 Å². The van der Waals surface area contributed by atoms with Crippen molar-refractivity contribution in [1.82, 2.24) is 9.97 Å². The van der Waals surface area contributed by atoms with Gasteiger partial charge < -0.3 is 14.9 Å². The Kier molecular flexibility index (Phi) is 2.83. The van der Waals surface area contributed by atoms with Gasteiger partial charge in [-0.25, -0.2) is 14.4 Å². The molecule has 1 saturated heterocycles. The summed E-state index contributed by atoms with van der Waals surface area (Å²) in [5, 5.41) is 17.6. The first-order chi connectivity index (χ1) is 7.16. The number of anilines is 1. The van der Waals surface area contributed by atoms with Gasteiger partial charge in [0.15, 0.2) is 0 Å². The predicted molar refractivity (Wildman–Crippen MR) is 53.6 cm³/mol. The van der Waals surface area contributed by atoms with E-state index in [0.29, 0.717) is 25.5 Å².